The second-order valence-electron chi connectivity index (χ2n) is 15.6. The molecule has 3 aliphatic rings. The van der Waals surface area contributed by atoms with Gasteiger partial charge in [-0.2, -0.15) is 0 Å². The van der Waals surface area contributed by atoms with Gasteiger partial charge in [-0.15, -0.1) is 0 Å². The molecule has 3 fully saturated rings. The van der Waals surface area contributed by atoms with Gasteiger partial charge in [0.1, 0.15) is 23.9 Å². The molecule has 11 nitrogen and oxygen atoms in total. The Bertz CT molecular complexity index is 1390. The molecule has 0 spiro atoms. The zero-order chi connectivity index (χ0) is 37.4. The lowest BCUT2D eigenvalue weighted by Crippen LogP contribution is -2.59. The van der Waals surface area contributed by atoms with Crippen LogP contribution < -0.4 is 11.1 Å². The molecule has 3 N–H and O–H groups in total. The number of rotatable bonds is 8. The fraction of sp³-hybridized carbons (Fsp3) is 0.718. The fourth-order valence-corrected chi connectivity index (χ4v) is 7.74. The molecule has 1 saturated carbocycles. The van der Waals surface area contributed by atoms with Crippen molar-refractivity contribution in [2.45, 2.75) is 128 Å². The topological polar surface area (TPSA) is 136 Å². The Hall–Kier alpha value is -3.54. The van der Waals surface area contributed by atoms with Crippen LogP contribution in [0.4, 0.5) is 4.39 Å². The van der Waals surface area contributed by atoms with Crippen molar-refractivity contribution in [1.82, 2.24) is 24.9 Å². The average Bonchev–Trinajstić information content (AvgIpc) is 3.95. The highest BCUT2D eigenvalue weighted by Crippen LogP contribution is 2.34. The van der Waals surface area contributed by atoms with Gasteiger partial charge >= 0.3 is 0 Å². The highest BCUT2D eigenvalue weighted by atomic mass is 19.1. The molecule has 4 rings (SSSR count). The number of likely N-dealkylation sites (N-methyl/N-ethyl adjacent to an activating group) is 3. The zero-order valence-electron chi connectivity index (χ0n) is 31.7. The van der Waals surface area contributed by atoms with Crippen molar-refractivity contribution >= 4 is 29.5 Å². The first-order chi connectivity index (χ1) is 24.2. The lowest BCUT2D eigenvalue weighted by molar-refractivity contribution is -0.147. The first-order valence-corrected chi connectivity index (χ1v) is 19.1. The molecule has 12 heteroatoms. The number of nitrogens with zero attached hydrogens (tertiary/aromatic N) is 4. The van der Waals surface area contributed by atoms with E-state index in [4.69, 9.17) is 5.73 Å². The molecule has 2 heterocycles. The Morgan fingerprint density at radius 1 is 0.941 bits per heavy atom. The second kappa shape index (κ2) is 18.3. The van der Waals surface area contributed by atoms with Gasteiger partial charge in [0.25, 0.3) is 0 Å². The Labute approximate surface area is 303 Å². The predicted octanol–water partition coefficient (Wildman–Crippen LogP) is 3.83. The van der Waals surface area contributed by atoms with Gasteiger partial charge in [-0.3, -0.25) is 24.0 Å². The largest absolute Gasteiger partial charge is 0.344 e. The van der Waals surface area contributed by atoms with Crippen molar-refractivity contribution < 1.29 is 28.4 Å². The normalized spacial score (nSPS) is 24.5. The molecular formula is C39H61FN6O5. The van der Waals surface area contributed by atoms with Gasteiger partial charge in [-0.1, -0.05) is 45.6 Å². The number of likely N-dealkylation sites (tertiary alicyclic amines) is 1. The smallest absolute Gasteiger partial charge is 0.245 e. The summed E-state index contributed by atoms with van der Waals surface area (Å²) in [6.07, 6.45) is 8.32. The van der Waals surface area contributed by atoms with Crippen molar-refractivity contribution in [2.75, 3.05) is 40.8 Å². The molecule has 1 aromatic rings. The number of halogens is 1. The fourth-order valence-electron chi connectivity index (χ4n) is 7.74. The molecule has 2 aliphatic heterocycles. The third-order valence-electron chi connectivity index (χ3n) is 11.2. The maximum absolute atomic E-state index is 14.9. The molecule has 1 aliphatic carbocycles. The van der Waals surface area contributed by atoms with Crippen LogP contribution in [0.25, 0.3) is 0 Å². The Morgan fingerprint density at radius 3 is 2.22 bits per heavy atom. The zero-order valence-corrected chi connectivity index (χ0v) is 31.7. The van der Waals surface area contributed by atoms with Gasteiger partial charge in [0.15, 0.2) is 0 Å². The molecule has 4 atom stereocenters. The van der Waals surface area contributed by atoms with Crippen LogP contribution in [0.15, 0.2) is 18.2 Å². The van der Waals surface area contributed by atoms with E-state index in [2.05, 4.69) is 5.32 Å². The number of benzene rings is 1. The van der Waals surface area contributed by atoms with E-state index in [1.807, 2.05) is 18.7 Å². The summed E-state index contributed by atoms with van der Waals surface area (Å²) in [7, 11) is 4.97. The SMILES string of the molecule is CC(=O)N1CCC(c2ccc(F)cc2C[C@H]2C(=O)N(C)CCCCCCC[C@H](N(C)C(=O)[C@@H](N)C3CC3)C(=O)N[C@@H](CC(C)C)C(=O)N2C)CC1. The van der Waals surface area contributed by atoms with Gasteiger partial charge in [-0.25, -0.2) is 4.39 Å². The Balaban J connectivity index is 1.65. The summed E-state index contributed by atoms with van der Waals surface area (Å²) >= 11 is 0. The van der Waals surface area contributed by atoms with E-state index in [0.717, 1.165) is 63.4 Å². The van der Waals surface area contributed by atoms with E-state index >= 15 is 0 Å². The maximum Gasteiger partial charge on any atom is 0.245 e. The lowest BCUT2D eigenvalue weighted by Gasteiger charge is -2.36. The van der Waals surface area contributed by atoms with Gasteiger partial charge in [0.05, 0.1) is 6.04 Å². The molecule has 51 heavy (non-hydrogen) atoms. The van der Waals surface area contributed by atoms with Crippen LogP contribution in [-0.4, -0.2) is 114 Å². The number of hydrogen-bond donors (Lipinski definition) is 2. The first kappa shape index (κ1) is 40.2. The van der Waals surface area contributed by atoms with Crippen LogP contribution in [0.3, 0.4) is 0 Å². The molecule has 0 radical (unpaired) electrons. The van der Waals surface area contributed by atoms with Crippen molar-refractivity contribution in [1.29, 1.82) is 0 Å². The summed E-state index contributed by atoms with van der Waals surface area (Å²) in [5, 5.41) is 2.99. The number of piperidine rings is 1. The van der Waals surface area contributed by atoms with Crippen LogP contribution in [0.5, 0.6) is 0 Å². The summed E-state index contributed by atoms with van der Waals surface area (Å²) < 4.78 is 14.9. The highest BCUT2D eigenvalue weighted by molar-refractivity contribution is 5.95. The van der Waals surface area contributed by atoms with Crippen molar-refractivity contribution in [2.24, 2.45) is 17.6 Å². The molecule has 284 valence electrons. The summed E-state index contributed by atoms with van der Waals surface area (Å²) in [4.78, 5) is 74.5. The number of nitrogens with two attached hydrogens (primary N) is 1. The van der Waals surface area contributed by atoms with Crippen LogP contribution in [0.1, 0.15) is 108 Å². The first-order valence-electron chi connectivity index (χ1n) is 19.1. The van der Waals surface area contributed by atoms with Crippen LogP contribution in [0, 0.1) is 17.7 Å². The lowest BCUT2D eigenvalue weighted by atomic mass is 9.84. The minimum absolute atomic E-state index is 0.0297. The molecular weight excluding hydrogens is 651 g/mol. The van der Waals surface area contributed by atoms with E-state index < -0.39 is 41.8 Å². The molecule has 1 aromatic carbocycles. The van der Waals surface area contributed by atoms with Crippen molar-refractivity contribution in [3.05, 3.63) is 35.1 Å². The Kier molecular flexibility index (Phi) is 14.4. The third-order valence-corrected chi connectivity index (χ3v) is 11.2. The van der Waals surface area contributed by atoms with E-state index in [0.29, 0.717) is 38.0 Å². The molecule has 0 aromatic heterocycles. The standard InChI is InChI=1S/C39H61FN6O5/c1-25(2)22-32-37(49)45(6)34(24-29-23-30(40)15-16-31(29)27-17-20-46(21-18-27)26(3)47)38(50)43(4)19-11-9-7-8-10-12-33(36(48)42-32)44(5)39(51)35(41)28-13-14-28/h15-16,23,25,27-28,32-35H,7-14,17-22,24,41H2,1-6H3,(H,42,48)/t32-,33-,34-,35-/m0/s1. The number of carbonyl (C=O) groups excluding carboxylic acids is 5. The van der Waals surface area contributed by atoms with E-state index in [-0.39, 0.29) is 41.9 Å². The quantitative estimate of drug-likeness (QED) is 0.421. The summed E-state index contributed by atoms with van der Waals surface area (Å²) in [5.74, 6) is -1.47. The van der Waals surface area contributed by atoms with Crippen LogP contribution in [-0.2, 0) is 30.4 Å². The number of carbonyl (C=O) groups is 5. The average molecular weight is 713 g/mol. The van der Waals surface area contributed by atoms with Gasteiger partial charge < -0.3 is 30.7 Å². The van der Waals surface area contributed by atoms with E-state index in [1.54, 1.807) is 39.0 Å². The Morgan fingerprint density at radius 2 is 1.59 bits per heavy atom. The van der Waals surface area contributed by atoms with Gasteiger partial charge in [-0.05, 0) is 86.0 Å². The summed E-state index contributed by atoms with van der Waals surface area (Å²) in [5.41, 5.74) is 7.87. The van der Waals surface area contributed by atoms with E-state index in [1.165, 1.54) is 21.9 Å². The van der Waals surface area contributed by atoms with Crippen molar-refractivity contribution in [3.63, 3.8) is 0 Å². The summed E-state index contributed by atoms with van der Waals surface area (Å²) in [6, 6.07) is 1.35. The highest BCUT2D eigenvalue weighted by Gasteiger charge is 2.40. The van der Waals surface area contributed by atoms with Gasteiger partial charge in [0, 0.05) is 54.1 Å². The molecule has 5 amide bonds. The number of amides is 5. The van der Waals surface area contributed by atoms with E-state index in [9.17, 15) is 28.4 Å². The summed E-state index contributed by atoms with van der Waals surface area (Å²) in [6.45, 7) is 7.21. The number of hydrogen-bond acceptors (Lipinski definition) is 6. The molecule has 0 bridgehead atoms. The van der Waals surface area contributed by atoms with Gasteiger partial charge in [0.2, 0.25) is 29.5 Å². The third kappa shape index (κ3) is 10.7. The monoisotopic (exact) mass is 712 g/mol. The maximum atomic E-state index is 14.9. The predicted molar refractivity (Wildman–Crippen MR) is 195 cm³/mol. The molecule has 0 unspecified atom stereocenters. The molecule has 2 saturated heterocycles. The van der Waals surface area contributed by atoms with Crippen LogP contribution in [0.2, 0.25) is 0 Å². The van der Waals surface area contributed by atoms with Crippen LogP contribution >= 0.6 is 0 Å². The minimum Gasteiger partial charge on any atom is -0.344 e. The second-order valence-corrected chi connectivity index (χ2v) is 15.6. The number of nitrogens with one attached hydrogen (secondary N) is 1. The minimum atomic E-state index is -0.948. The van der Waals surface area contributed by atoms with Crippen molar-refractivity contribution in [3.8, 4) is 0 Å².